The molecule has 0 spiro atoms. The number of carbonyl (C=O) groups excluding carboxylic acids is 2. The van der Waals surface area contributed by atoms with Crippen molar-refractivity contribution in [2.24, 2.45) is 0 Å². The normalized spacial score (nSPS) is 13.9. The summed E-state index contributed by atoms with van der Waals surface area (Å²) in [6.07, 6.45) is 1.25. The van der Waals surface area contributed by atoms with Gasteiger partial charge < -0.3 is 9.15 Å². The zero-order valence-electron chi connectivity index (χ0n) is 13.3. The molecule has 1 aromatic carbocycles. The molecule has 0 saturated carbocycles. The minimum Gasteiger partial charge on any atom is -0.496 e. The molecular formula is C16H11N3O6S. The number of nitrogens with zero attached hydrogens (tertiary/aromatic N) is 1. The number of nitro benzene ring substituents is 1. The molecule has 10 heteroatoms. The number of amides is 2. The van der Waals surface area contributed by atoms with Gasteiger partial charge in [-0.3, -0.25) is 30.3 Å². The van der Waals surface area contributed by atoms with E-state index in [9.17, 15) is 19.7 Å². The number of rotatable bonds is 4. The van der Waals surface area contributed by atoms with Crippen LogP contribution in [0.25, 0.3) is 17.4 Å². The van der Waals surface area contributed by atoms with E-state index in [1.165, 1.54) is 37.5 Å². The fraction of sp³-hybridized carbons (Fsp3) is 0.0625. The fourth-order valence-corrected chi connectivity index (χ4v) is 2.51. The van der Waals surface area contributed by atoms with E-state index in [2.05, 4.69) is 10.6 Å². The molecule has 1 aliphatic heterocycles. The SMILES string of the molecule is COc1ccc([N+](=O)[O-])cc1-c1ccc(C=C2C(=O)NC(=S)NC2=O)o1. The largest absolute Gasteiger partial charge is 0.496 e. The van der Waals surface area contributed by atoms with Gasteiger partial charge in [-0.1, -0.05) is 0 Å². The first-order valence-corrected chi connectivity index (χ1v) is 7.61. The highest BCUT2D eigenvalue weighted by molar-refractivity contribution is 7.80. The summed E-state index contributed by atoms with van der Waals surface area (Å²) >= 11 is 4.72. The number of ether oxygens (including phenoxy) is 1. The second kappa shape index (κ2) is 6.76. The lowest BCUT2D eigenvalue weighted by atomic mass is 10.1. The molecule has 132 valence electrons. The molecule has 0 bridgehead atoms. The highest BCUT2D eigenvalue weighted by atomic mass is 32.1. The molecule has 0 unspecified atom stereocenters. The first-order chi connectivity index (χ1) is 12.4. The van der Waals surface area contributed by atoms with E-state index in [4.69, 9.17) is 21.4 Å². The number of carbonyl (C=O) groups is 2. The van der Waals surface area contributed by atoms with E-state index in [1.807, 2.05) is 0 Å². The lowest BCUT2D eigenvalue weighted by Gasteiger charge is -2.15. The molecule has 1 fully saturated rings. The Bertz CT molecular complexity index is 956. The number of nitrogens with one attached hydrogen (secondary N) is 2. The average Bonchev–Trinajstić information content (AvgIpc) is 3.06. The number of furan rings is 1. The fourth-order valence-electron chi connectivity index (χ4n) is 2.33. The monoisotopic (exact) mass is 373 g/mol. The van der Waals surface area contributed by atoms with Crippen LogP contribution in [0.4, 0.5) is 5.69 Å². The molecule has 1 aliphatic rings. The Hall–Kier alpha value is -3.53. The van der Waals surface area contributed by atoms with Gasteiger partial charge in [0.25, 0.3) is 17.5 Å². The summed E-state index contributed by atoms with van der Waals surface area (Å²) in [5.41, 5.74) is 0.0623. The molecule has 2 aromatic rings. The molecule has 1 saturated heterocycles. The van der Waals surface area contributed by atoms with Crippen LogP contribution in [0.3, 0.4) is 0 Å². The van der Waals surface area contributed by atoms with Crippen molar-refractivity contribution in [3.63, 3.8) is 0 Å². The van der Waals surface area contributed by atoms with Crippen LogP contribution in [-0.4, -0.2) is 29.0 Å². The van der Waals surface area contributed by atoms with E-state index in [1.54, 1.807) is 6.07 Å². The first kappa shape index (κ1) is 17.3. The van der Waals surface area contributed by atoms with Crippen molar-refractivity contribution in [2.45, 2.75) is 0 Å². The Labute approximate surface area is 151 Å². The molecule has 0 radical (unpaired) electrons. The van der Waals surface area contributed by atoms with Crippen LogP contribution in [0.15, 0.2) is 40.3 Å². The third-order valence-corrected chi connectivity index (χ3v) is 3.72. The average molecular weight is 373 g/mol. The van der Waals surface area contributed by atoms with Crippen LogP contribution < -0.4 is 15.4 Å². The van der Waals surface area contributed by atoms with E-state index in [0.717, 1.165) is 0 Å². The lowest BCUT2D eigenvalue weighted by Crippen LogP contribution is -2.51. The van der Waals surface area contributed by atoms with Crippen molar-refractivity contribution in [3.8, 4) is 17.1 Å². The summed E-state index contributed by atoms with van der Waals surface area (Å²) < 4.78 is 10.8. The minimum atomic E-state index is -0.648. The van der Waals surface area contributed by atoms with Crippen LogP contribution >= 0.6 is 12.2 Å². The molecule has 0 aliphatic carbocycles. The van der Waals surface area contributed by atoms with Crippen molar-refractivity contribution >= 4 is 40.9 Å². The third-order valence-electron chi connectivity index (χ3n) is 3.52. The van der Waals surface area contributed by atoms with Crippen LogP contribution in [-0.2, 0) is 9.59 Å². The van der Waals surface area contributed by atoms with Gasteiger partial charge in [0, 0.05) is 12.1 Å². The molecule has 9 nitrogen and oxygen atoms in total. The molecule has 26 heavy (non-hydrogen) atoms. The minimum absolute atomic E-state index is 0.0707. The maximum absolute atomic E-state index is 11.9. The predicted octanol–water partition coefficient (Wildman–Crippen LogP) is 1.78. The summed E-state index contributed by atoms with van der Waals surface area (Å²) in [5.74, 6) is -0.428. The number of methoxy groups -OCH3 is 1. The van der Waals surface area contributed by atoms with Gasteiger partial charge in [-0.2, -0.15) is 0 Å². The zero-order valence-corrected chi connectivity index (χ0v) is 14.1. The van der Waals surface area contributed by atoms with Gasteiger partial charge in [0.05, 0.1) is 17.6 Å². The number of nitro groups is 1. The molecular weight excluding hydrogens is 362 g/mol. The molecule has 2 N–H and O–H groups in total. The summed E-state index contributed by atoms with van der Waals surface area (Å²) in [5, 5.41) is 15.5. The van der Waals surface area contributed by atoms with Crippen molar-refractivity contribution in [2.75, 3.05) is 7.11 Å². The Morgan fingerprint density at radius 1 is 1.19 bits per heavy atom. The Morgan fingerprint density at radius 3 is 2.50 bits per heavy atom. The Morgan fingerprint density at radius 2 is 1.88 bits per heavy atom. The quantitative estimate of drug-likeness (QED) is 0.275. The van der Waals surface area contributed by atoms with Gasteiger partial charge in [0.2, 0.25) is 0 Å². The summed E-state index contributed by atoms with van der Waals surface area (Å²) in [7, 11) is 1.43. The summed E-state index contributed by atoms with van der Waals surface area (Å²) in [6, 6.07) is 7.16. The van der Waals surface area contributed by atoms with E-state index in [-0.39, 0.29) is 27.9 Å². The maximum atomic E-state index is 11.9. The van der Waals surface area contributed by atoms with Crippen LogP contribution in [0.5, 0.6) is 5.75 Å². The van der Waals surface area contributed by atoms with Crippen molar-refractivity contribution in [1.82, 2.24) is 10.6 Å². The number of hydrogen-bond acceptors (Lipinski definition) is 7. The Balaban J connectivity index is 1.98. The van der Waals surface area contributed by atoms with Gasteiger partial charge in [-0.15, -0.1) is 0 Å². The van der Waals surface area contributed by atoms with Gasteiger partial charge in [-0.25, -0.2) is 0 Å². The lowest BCUT2D eigenvalue weighted by molar-refractivity contribution is -0.384. The van der Waals surface area contributed by atoms with Gasteiger partial charge >= 0.3 is 0 Å². The second-order valence-electron chi connectivity index (χ2n) is 5.14. The van der Waals surface area contributed by atoms with Crippen LogP contribution in [0, 0.1) is 10.1 Å². The predicted molar refractivity (Wildman–Crippen MR) is 94.2 cm³/mol. The maximum Gasteiger partial charge on any atom is 0.270 e. The van der Waals surface area contributed by atoms with Crippen molar-refractivity contribution in [3.05, 3.63) is 51.8 Å². The second-order valence-corrected chi connectivity index (χ2v) is 5.55. The number of non-ortho nitro benzene ring substituents is 1. The highest BCUT2D eigenvalue weighted by Crippen LogP contribution is 2.34. The summed E-state index contributed by atoms with van der Waals surface area (Å²) in [6.45, 7) is 0. The van der Waals surface area contributed by atoms with Gasteiger partial charge in [0.1, 0.15) is 22.8 Å². The van der Waals surface area contributed by atoms with Crippen LogP contribution in [0.1, 0.15) is 5.76 Å². The highest BCUT2D eigenvalue weighted by Gasteiger charge is 2.26. The molecule has 3 rings (SSSR count). The van der Waals surface area contributed by atoms with E-state index < -0.39 is 16.7 Å². The van der Waals surface area contributed by atoms with Crippen molar-refractivity contribution in [1.29, 1.82) is 0 Å². The third kappa shape index (κ3) is 3.30. The molecule has 2 amide bonds. The smallest absolute Gasteiger partial charge is 0.270 e. The summed E-state index contributed by atoms with van der Waals surface area (Å²) in [4.78, 5) is 34.1. The van der Waals surface area contributed by atoms with Crippen LogP contribution in [0.2, 0.25) is 0 Å². The Kier molecular flexibility index (Phi) is 4.50. The first-order valence-electron chi connectivity index (χ1n) is 7.20. The topological polar surface area (TPSA) is 124 Å². The van der Waals surface area contributed by atoms with Gasteiger partial charge in [-0.05, 0) is 36.5 Å². The number of hydrogen-bond donors (Lipinski definition) is 2. The molecule has 1 aromatic heterocycles. The molecule has 0 atom stereocenters. The van der Waals surface area contributed by atoms with Gasteiger partial charge in [0.15, 0.2) is 5.11 Å². The zero-order chi connectivity index (χ0) is 18.8. The number of benzene rings is 1. The standard InChI is InChI=1S/C16H11N3O6S/c1-24-12-4-2-8(19(22)23)6-10(12)13-5-3-9(25-13)7-11-14(20)17-16(26)18-15(11)21/h2-7H,1H3,(H2,17,18,20,21,26). The van der Waals surface area contributed by atoms with E-state index >= 15 is 0 Å². The van der Waals surface area contributed by atoms with E-state index in [0.29, 0.717) is 11.3 Å². The number of thiocarbonyl (C=S) groups is 1. The van der Waals surface area contributed by atoms with Crippen molar-refractivity contribution < 1.29 is 23.7 Å². The molecule has 2 heterocycles.